The van der Waals surface area contributed by atoms with Gasteiger partial charge in [-0.05, 0) is 45.1 Å². The summed E-state index contributed by atoms with van der Waals surface area (Å²) in [5.74, 6) is 0. The molecule has 0 aliphatic heterocycles. The summed E-state index contributed by atoms with van der Waals surface area (Å²) in [4.78, 5) is 0. The number of hydrogen-bond acceptors (Lipinski definition) is 1. The van der Waals surface area contributed by atoms with E-state index in [1.165, 1.54) is 50.5 Å². The minimum Gasteiger partial charge on any atom is -0.316 e. The van der Waals surface area contributed by atoms with Gasteiger partial charge in [0, 0.05) is 6.04 Å². The predicted octanol–water partition coefficient (Wildman–Crippen LogP) is 3.90. The van der Waals surface area contributed by atoms with E-state index < -0.39 is 0 Å². The summed E-state index contributed by atoms with van der Waals surface area (Å²) < 4.78 is 0. The van der Waals surface area contributed by atoms with Gasteiger partial charge in [0.15, 0.2) is 0 Å². The molecule has 0 radical (unpaired) electrons. The van der Waals surface area contributed by atoms with Gasteiger partial charge in [0.25, 0.3) is 0 Å². The maximum atomic E-state index is 4.00. The molecule has 0 aromatic heterocycles. The highest BCUT2D eigenvalue weighted by Crippen LogP contribution is 2.40. The second kappa shape index (κ2) is 5.69. The molecular weight excluding hydrogens is 182 g/mol. The van der Waals surface area contributed by atoms with E-state index in [0.29, 0.717) is 11.5 Å². The summed E-state index contributed by atoms with van der Waals surface area (Å²) >= 11 is 0. The van der Waals surface area contributed by atoms with Crippen molar-refractivity contribution in [2.24, 2.45) is 5.41 Å². The first kappa shape index (κ1) is 12.8. The van der Waals surface area contributed by atoms with E-state index >= 15 is 0 Å². The molecule has 0 heterocycles. The molecule has 1 fully saturated rings. The molecule has 0 aromatic rings. The van der Waals surface area contributed by atoms with Crippen molar-refractivity contribution < 1.29 is 0 Å². The Balaban J connectivity index is 2.51. The smallest absolute Gasteiger partial charge is 0.0121 e. The van der Waals surface area contributed by atoms with Crippen LogP contribution in [0.4, 0.5) is 0 Å². The van der Waals surface area contributed by atoms with E-state index in [1.54, 1.807) is 0 Å². The summed E-state index contributed by atoms with van der Waals surface area (Å²) in [6.07, 6.45) is 9.49. The highest BCUT2D eigenvalue weighted by atomic mass is 14.9. The molecule has 1 atom stereocenters. The molecule has 0 spiro atoms. The van der Waals surface area contributed by atoms with Gasteiger partial charge in [-0.3, -0.25) is 0 Å². The molecule has 88 valence electrons. The average Bonchev–Trinajstić information content (AvgIpc) is 2.19. The van der Waals surface area contributed by atoms with Gasteiger partial charge >= 0.3 is 0 Å². The molecule has 1 rings (SSSR count). The van der Waals surface area contributed by atoms with Gasteiger partial charge in [-0.2, -0.15) is 0 Å². The monoisotopic (exact) mass is 209 g/mol. The van der Waals surface area contributed by atoms with Crippen LogP contribution in [-0.4, -0.2) is 13.1 Å². The van der Waals surface area contributed by atoms with Crippen LogP contribution in [0.15, 0.2) is 12.2 Å². The minimum atomic E-state index is 0.530. The normalized spacial score (nSPS) is 22.3. The molecule has 0 aromatic carbocycles. The molecule has 15 heavy (non-hydrogen) atoms. The van der Waals surface area contributed by atoms with Crippen LogP contribution in [0.5, 0.6) is 0 Å². The van der Waals surface area contributed by atoms with Gasteiger partial charge in [-0.15, -0.1) is 6.58 Å². The third-order valence-electron chi connectivity index (χ3n) is 4.05. The lowest BCUT2D eigenvalue weighted by Crippen LogP contribution is -2.43. The summed E-state index contributed by atoms with van der Waals surface area (Å²) in [7, 11) is 2.11. The lowest BCUT2D eigenvalue weighted by atomic mass is 9.69. The van der Waals surface area contributed by atoms with Crippen molar-refractivity contribution >= 4 is 0 Å². The highest BCUT2D eigenvalue weighted by Gasteiger charge is 2.33. The largest absolute Gasteiger partial charge is 0.316 e. The van der Waals surface area contributed by atoms with Crippen LogP contribution in [0.2, 0.25) is 0 Å². The van der Waals surface area contributed by atoms with Crippen LogP contribution in [0.25, 0.3) is 0 Å². The van der Waals surface area contributed by atoms with Gasteiger partial charge in [0.1, 0.15) is 0 Å². The Morgan fingerprint density at radius 3 is 2.40 bits per heavy atom. The molecule has 1 unspecified atom stereocenters. The van der Waals surface area contributed by atoms with Crippen LogP contribution >= 0.6 is 0 Å². The zero-order chi connectivity index (χ0) is 11.3. The summed E-state index contributed by atoms with van der Waals surface area (Å²) in [6, 6.07) is 0.675. The Labute approximate surface area is 95.3 Å². The zero-order valence-electron chi connectivity index (χ0n) is 10.7. The maximum absolute atomic E-state index is 4.00. The van der Waals surface area contributed by atoms with E-state index in [4.69, 9.17) is 0 Å². The summed E-state index contributed by atoms with van der Waals surface area (Å²) in [5.41, 5.74) is 1.84. The highest BCUT2D eigenvalue weighted by molar-refractivity contribution is 4.94. The van der Waals surface area contributed by atoms with Crippen LogP contribution in [-0.2, 0) is 0 Å². The van der Waals surface area contributed by atoms with Gasteiger partial charge in [-0.25, -0.2) is 0 Å². The molecule has 1 nitrogen and oxygen atoms in total. The van der Waals surface area contributed by atoms with E-state index in [-0.39, 0.29) is 0 Å². The van der Waals surface area contributed by atoms with Crippen molar-refractivity contribution in [3.05, 3.63) is 12.2 Å². The molecule has 0 amide bonds. The van der Waals surface area contributed by atoms with Crippen LogP contribution in [0.3, 0.4) is 0 Å². The Kier molecular flexibility index (Phi) is 4.85. The Hall–Kier alpha value is -0.300. The second-order valence-electron chi connectivity index (χ2n) is 5.55. The summed E-state index contributed by atoms with van der Waals surface area (Å²) in [6.45, 7) is 8.60. The molecule has 1 aliphatic carbocycles. The van der Waals surface area contributed by atoms with Crippen molar-refractivity contribution in [2.75, 3.05) is 7.05 Å². The molecule has 1 heteroatoms. The first-order chi connectivity index (χ1) is 7.08. The van der Waals surface area contributed by atoms with E-state index in [9.17, 15) is 0 Å². The lowest BCUT2D eigenvalue weighted by Gasteiger charge is -2.41. The van der Waals surface area contributed by atoms with Crippen molar-refractivity contribution in [2.45, 2.75) is 64.8 Å². The van der Waals surface area contributed by atoms with Crippen molar-refractivity contribution in [3.63, 3.8) is 0 Å². The fourth-order valence-electron chi connectivity index (χ4n) is 2.94. The predicted molar refractivity (Wildman–Crippen MR) is 68.1 cm³/mol. The maximum Gasteiger partial charge on any atom is 0.0121 e. The van der Waals surface area contributed by atoms with Crippen molar-refractivity contribution in [1.29, 1.82) is 0 Å². The van der Waals surface area contributed by atoms with E-state index in [2.05, 4.69) is 32.8 Å². The van der Waals surface area contributed by atoms with Crippen molar-refractivity contribution in [1.82, 2.24) is 5.32 Å². The second-order valence-corrected chi connectivity index (χ2v) is 5.55. The number of nitrogens with one attached hydrogen (secondary N) is 1. The van der Waals surface area contributed by atoms with Gasteiger partial charge < -0.3 is 5.32 Å². The molecule has 0 saturated heterocycles. The topological polar surface area (TPSA) is 12.0 Å². The first-order valence-corrected chi connectivity index (χ1v) is 6.40. The van der Waals surface area contributed by atoms with Gasteiger partial charge in [-0.1, -0.05) is 31.8 Å². The van der Waals surface area contributed by atoms with Crippen LogP contribution in [0, 0.1) is 5.41 Å². The summed E-state index contributed by atoms with van der Waals surface area (Å²) in [5, 5.41) is 3.53. The average molecular weight is 209 g/mol. The standard InChI is InChI=1S/C14H27N/c1-12(2)8-9-13(15-4)14(3)10-6-5-7-11-14/h13,15H,1,5-11H2,2-4H3. The van der Waals surface area contributed by atoms with Crippen LogP contribution < -0.4 is 5.32 Å². The Morgan fingerprint density at radius 2 is 1.93 bits per heavy atom. The minimum absolute atomic E-state index is 0.530. The number of hydrogen-bond donors (Lipinski definition) is 1. The Bertz CT molecular complexity index is 201. The Morgan fingerprint density at radius 1 is 1.33 bits per heavy atom. The molecule has 0 bridgehead atoms. The van der Waals surface area contributed by atoms with E-state index in [1.807, 2.05) is 0 Å². The molecule has 1 N–H and O–H groups in total. The van der Waals surface area contributed by atoms with E-state index in [0.717, 1.165) is 0 Å². The SMILES string of the molecule is C=C(C)CCC(NC)C1(C)CCCCC1. The quantitative estimate of drug-likeness (QED) is 0.677. The molecule has 1 saturated carbocycles. The molecule has 1 aliphatic rings. The van der Waals surface area contributed by atoms with Gasteiger partial charge in [0.05, 0.1) is 0 Å². The van der Waals surface area contributed by atoms with Crippen molar-refractivity contribution in [3.8, 4) is 0 Å². The van der Waals surface area contributed by atoms with Crippen LogP contribution in [0.1, 0.15) is 58.8 Å². The fourth-order valence-corrected chi connectivity index (χ4v) is 2.94. The lowest BCUT2D eigenvalue weighted by molar-refractivity contribution is 0.143. The first-order valence-electron chi connectivity index (χ1n) is 6.40. The number of rotatable bonds is 5. The third kappa shape index (κ3) is 3.64. The molecular formula is C14H27N. The fraction of sp³-hybridized carbons (Fsp3) is 0.857. The zero-order valence-corrected chi connectivity index (χ0v) is 10.7. The number of allylic oxidation sites excluding steroid dienone is 1. The van der Waals surface area contributed by atoms with Gasteiger partial charge in [0.2, 0.25) is 0 Å². The third-order valence-corrected chi connectivity index (χ3v) is 4.05.